The van der Waals surface area contributed by atoms with Gasteiger partial charge < -0.3 is 15.2 Å². The van der Waals surface area contributed by atoms with Gasteiger partial charge in [0, 0.05) is 12.6 Å². The van der Waals surface area contributed by atoms with E-state index in [1.54, 1.807) is 0 Å². The molecule has 0 heterocycles. The van der Waals surface area contributed by atoms with Crippen molar-refractivity contribution >= 4 is 0 Å². The molecule has 0 bridgehead atoms. The van der Waals surface area contributed by atoms with Gasteiger partial charge in [0.15, 0.2) is 0 Å². The molecule has 0 amide bonds. The minimum atomic E-state index is -0.500. The largest absolute Gasteiger partial charge is 0.491 e. The Morgan fingerprint density at radius 3 is 2.45 bits per heavy atom. The number of benzene rings is 1. The Morgan fingerprint density at radius 1 is 1.25 bits per heavy atom. The van der Waals surface area contributed by atoms with Crippen LogP contribution in [0.1, 0.15) is 38.8 Å². The van der Waals surface area contributed by atoms with Crippen molar-refractivity contribution in [3.8, 4) is 5.75 Å². The van der Waals surface area contributed by atoms with Crippen LogP contribution in [0.15, 0.2) is 18.2 Å². The first-order valence-corrected chi connectivity index (χ1v) is 7.31. The highest BCUT2D eigenvalue weighted by Gasteiger charge is 2.20. The van der Waals surface area contributed by atoms with Gasteiger partial charge in [-0.05, 0) is 37.8 Å². The van der Waals surface area contributed by atoms with E-state index in [1.807, 2.05) is 19.1 Å². The Bertz CT molecular complexity index is 423. The number of aliphatic hydroxyl groups is 1. The lowest BCUT2D eigenvalue weighted by molar-refractivity contribution is 0.0983. The average Bonchev–Trinajstić information content (AvgIpc) is 2.33. The topological polar surface area (TPSA) is 41.5 Å². The summed E-state index contributed by atoms with van der Waals surface area (Å²) in [6, 6.07) is 6.41. The first-order valence-electron chi connectivity index (χ1n) is 7.31. The van der Waals surface area contributed by atoms with E-state index in [2.05, 4.69) is 46.0 Å². The maximum atomic E-state index is 9.98. The van der Waals surface area contributed by atoms with Gasteiger partial charge in [-0.1, -0.05) is 38.5 Å². The van der Waals surface area contributed by atoms with Crippen molar-refractivity contribution < 1.29 is 9.84 Å². The quantitative estimate of drug-likeness (QED) is 0.841. The molecule has 0 aromatic heterocycles. The van der Waals surface area contributed by atoms with E-state index in [0.717, 1.165) is 11.3 Å². The summed E-state index contributed by atoms with van der Waals surface area (Å²) in [4.78, 5) is 0. The van der Waals surface area contributed by atoms with Gasteiger partial charge >= 0.3 is 0 Å². The summed E-state index contributed by atoms with van der Waals surface area (Å²) >= 11 is 0. The van der Waals surface area contributed by atoms with Gasteiger partial charge in [-0.25, -0.2) is 0 Å². The molecule has 0 unspecified atom stereocenters. The zero-order valence-corrected chi connectivity index (χ0v) is 13.7. The predicted molar refractivity (Wildman–Crippen MR) is 84.3 cm³/mol. The molecule has 0 aliphatic heterocycles. The summed E-state index contributed by atoms with van der Waals surface area (Å²) in [6.45, 7) is 13.6. The van der Waals surface area contributed by atoms with Crippen LogP contribution in [0.25, 0.3) is 0 Å². The number of hydrogen-bond donors (Lipinski definition) is 2. The molecule has 0 saturated heterocycles. The van der Waals surface area contributed by atoms with E-state index in [0.29, 0.717) is 19.2 Å². The second-order valence-corrected chi connectivity index (χ2v) is 6.73. The molecule has 20 heavy (non-hydrogen) atoms. The maximum Gasteiger partial charge on any atom is 0.122 e. The van der Waals surface area contributed by atoms with Crippen LogP contribution in [0.3, 0.4) is 0 Å². The van der Waals surface area contributed by atoms with Crippen LogP contribution in [0.4, 0.5) is 0 Å². The second kappa shape index (κ2) is 7.09. The molecule has 1 aromatic rings. The minimum absolute atomic E-state index is 0.189. The van der Waals surface area contributed by atoms with Gasteiger partial charge in [-0.15, -0.1) is 0 Å². The van der Waals surface area contributed by atoms with Gasteiger partial charge in [0.05, 0.1) is 0 Å². The summed E-state index contributed by atoms with van der Waals surface area (Å²) in [5, 5.41) is 13.3. The van der Waals surface area contributed by atoms with Crippen LogP contribution >= 0.6 is 0 Å². The highest BCUT2D eigenvalue weighted by Crippen LogP contribution is 2.19. The molecule has 3 nitrogen and oxygen atoms in total. The van der Waals surface area contributed by atoms with Crippen LogP contribution < -0.4 is 10.1 Å². The van der Waals surface area contributed by atoms with Crippen molar-refractivity contribution in [3.05, 3.63) is 29.3 Å². The summed E-state index contributed by atoms with van der Waals surface area (Å²) in [5.41, 5.74) is 2.51. The molecule has 3 heteroatoms. The fourth-order valence-electron chi connectivity index (χ4n) is 1.83. The lowest BCUT2D eigenvalue weighted by atomic mass is 9.88. The molecule has 0 radical (unpaired) electrons. The van der Waals surface area contributed by atoms with Crippen LogP contribution in [-0.4, -0.2) is 30.4 Å². The van der Waals surface area contributed by atoms with Crippen molar-refractivity contribution in [2.45, 2.75) is 53.7 Å². The predicted octanol–water partition coefficient (Wildman–Crippen LogP) is 3.07. The van der Waals surface area contributed by atoms with Gasteiger partial charge in [-0.2, -0.15) is 0 Å². The van der Waals surface area contributed by atoms with Gasteiger partial charge in [0.2, 0.25) is 0 Å². The molecule has 2 atom stereocenters. The number of aryl methyl sites for hydroxylation is 2. The maximum absolute atomic E-state index is 9.98. The summed E-state index contributed by atoms with van der Waals surface area (Å²) in [6.07, 6.45) is -0.500. The van der Waals surface area contributed by atoms with Crippen molar-refractivity contribution in [2.24, 2.45) is 5.41 Å². The number of rotatable bonds is 6. The van der Waals surface area contributed by atoms with E-state index in [1.165, 1.54) is 5.56 Å². The standard InChI is InChI=1S/C17H29NO2/c1-12-7-8-16(13(2)9-12)20-11-15(19)10-18-14(3)17(4,5)6/h7-9,14-15,18-19H,10-11H2,1-6H3/t14-,15-/m0/s1. The normalized spacial score (nSPS) is 14.9. The van der Waals surface area contributed by atoms with Crippen LogP contribution in [0.5, 0.6) is 5.75 Å². The summed E-state index contributed by atoms with van der Waals surface area (Å²) in [7, 11) is 0. The zero-order chi connectivity index (χ0) is 15.3. The highest BCUT2D eigenvalue weighted by atomic mass is 16.5. The van der Waals surface area contributed by atoms with E-state index in [-0.39, 0.29) is 5.41 Å². The number of hydrogen-bond acceptors (Lipinski definition) is 3. The van der Waals surface area contributed by atoms with Gasteiger partial charge in [0.25, 0.3) is 0 Å². The van der Waals surface area contributed by atoms with E-state index >= 15 is 0 Å². The van der Waals surface area contributed by atoms with Gasteiger partial charge in [-0.3, -0.25) is 0 Å². The second-order valence-electron chi connectivity index (χ2n) is 6.73. The minimum Gasteiger partial charge on any atom is -0.491 e. The van der Waals surface area contributed by atoms with E-state index < -0.39 is 6.10 Å². The van der Waals surface area contributed by atoms with Crippen molar-refractivity contribution in [1.82, 2.24) is 5.32 Å². The number of nitrogens with one attached hydrogen (secondary N) is 1. The average molecular weight is 279 g/mol. The van der Waals surface area contributed by atoms with Crippen LogP contribution in [0, 0.1) is 19.3 Å². The summed E-state index contributed by atoms with van der Waals surface area (Å²) < 4.78 is 5.68. The number of aliphatic hydroxyl groups excluding tert-OH is 1. The van der Waals surface area contributed by atoms with Crippen molar-refractivity contribution in [2.75, 3.05) is 13.2 Å². The molecule has 0 spiro atoms. The molecule has 0 fully saturated rings. The molecule has 1 aromatic carbocycles. The monoisotopic (exact) mass is 279 g/mol. The van der Waals surface area contributed by atoms with E-state index in [9.17, 15) is 5.11 Å². The molecule has 2 N–H and O–H groups in total. The van der Waals surface area contributed by atoms with Crippen molar-refractivity contribution in [1.29, 1.82) is 0 Å². The third-order valence-electron chi connectivity index (χ3n) is 3.72. The Kier molecular flexibility index (Phi) is 6.03. The Morgan fingerprint density at radius 2 is 1.90 bits per heavy atom. The van der Waals surface area contributed by atoms with Gasteiger partial charge in [0.1, 0.15) is 18.5 Å². The molecule has 0 saturated carbocycles. The number of ether oxygens (including phenoxy) is 1. The highest BCUT2D eigenvalue weighted by molar-refractivity contribution is 5.35. The first-order chi connectivity index (χ1) is 9.20. The zero-order valence-electron chi connectivity index (χ0n) is 13.7. The summed E-state index contributed by atoms with van der Waals surface area (Å²) in [5.74, 6) is 0.846. The fourth-order valence-corrected chi connectivity index (χ4v) is 1.83. The van der Waals surface area contributed by atoms with E-state index in [4.69, 9.17) is 4.74 Å². The lowest BCUT2D eigenvalue weighted by Gasteiger charge is -2.29. The lowest BCUT2D eigenvalue weighted by Crippen LogP contribution is -2.42. The van der Waals surface area contributed by atoms with Crippen LogP contribution in [0.2, 0.25) is 0 Å². The molecule has 0 aliphatic rings. The van der Waals surface area contributed by atoms with Crippen molar-refractivity contribution in [3.63, 3.8) is 0 Å². The third kappa shape index (κ3) is 5.51. The Labute approximate surface area is 123 Å². The first kappa shape index (κ1) is 17.0. The molecule has 1 rings (SSSR count). The molecular formula is C17H29NO2. The SMILES string of the molecule is Cc1ccc(OC[C@@H](O)CN[C@@H](C)C(C)(C)C)c(C)c1. The third-order valence-corrected chi connectivity index (χ3v) is 3.72. The molecular weight excluding hydrogens is 250 g/mol. The Hall–Kier alpha value is -1.06. The Balaban J connectivity index is 2.38. The smallest absolute Gasteiger partial charge is 0.122 e. The fraction of sp³-hybridized carbons (Fsp3) is 0.647. The molecule has 0 aliphatic carbocycles. The molecule has 114 valence electrons. The van der Waals surface area contributed by atoms with Crippen LogP contribution in [-0.2, 0) is 0 Å².